The third-order valence-corrected chi connectivity index (χ3v) is 9.87. The molecule has 21 nitrogen and oxygen atoms in total. The number of carbonyl (C=O) groups excluding carboxylic acids is 7. The van der Waals surface area contributed by atoms with Crippen LogP contribution in [0.3, 0.4) is 0 Å². The molecule has 3 aromatic rings. The molecule has 22 heteroatoms. The van der Waals surface area contributed by atoms with E-state index in [0.717, 1.165) is 6.42 Å². The maximum atomic E-state index is 12.0. The van der Waals surface area contributed by atoms with Crippen molar-refractivity contribution < 1.29 is 82.6 Å². The number of nitrogens with one attached hydrogen (secondary N) is 2. The van der Waals surface area contributed by atoms with Gasteiger partial charge in [-0.1, -0.05) is 117 Å². The Kier molecular flexibility index (Phi) is 35.6. The fourth-order valence-electron chi connectivity index (χ4n) is 6.11. The summed E-state index contributed by atoms with van der Waals surface area (Å²) in [5.41, 5.74) is 10.3. The van der Waals surface area contributed by atoms with Crippen molar-refractivity contribution >= 4 is 77.4 Å². The normalized spacial score (nSPS) is 11.6. The summed E-state index contributed by atoms with van der Waals surface area (Å²) in [7, 11) is 0. The van der Waals surface area contributed by atoms with Crippen LogP contribution < -0.4 is 22.1 Å². The predicted octanol–water partition coefficient (Wildman–Crippen LogP) is 7.64. The van der Waals surface area contributed by atoms with Crippen molar-refractivity contribution in [2.75, 3.05) is 6.54 Å². The van der Waals surface area contributed by atoms with Crippen molar-refractivity contribution in [2.24, 2.45) is 11.5 Å². The third kappa shape index (κ3) is 34.2. The number of halogens is 1. The molecule has 3 atom stereocenters. The number of unbranched alkanes of at least 4 members (excludes halogenated alkanes) is 5. The number of amides is 2. The molecule has 0 saturated heterocycles. The van der Waals surface area contributed by atoms with Crippen LogP contribution in [0.4, 0.5) is 9.59 Å². The smallest absolute Gasteiger partial charge is 0.408 e. The minimum Gasteiger partial charge on any atom is -0.480 e. The summed E-state index contributed by atoms with van der Waals surface area (Å²) >= 11 is 0. The number of nitrogens with two attached hydrogens (primary N) is 2. The van der Waals surface area contributed by atoms with E-state index in [-0.39, 0.29) is 37.2 Å². The Labute approximate surface area is 449 Å². The molecule has 420 valence electrons. The molecule has 3 aromatic carbocycles. The number of ketones is 5. The van der Waals surface area contributed by atoms with Gasteiger partial charge in [0.05, 0.1) is 0 Å². The second-order valence-electron chi connectivity index (χ2n) is 18.7. The molecule has 0 spiro atoms. The summed E-state index contributed by atoms with van der Waals surface area (Å²) < 4.78 is 10.0. The zero-order chi connectivity index (χ0) is 57.1. The van der Waals surface area contributed by atoms with Gasteiger partial charge in [0.2, 0.25) is 23.1 Å². The van der Waals surface area contributed by atoms with Gasteiger partial charge in [0.1, 0.15) is 29.3 Å². The van der Waals surface area contributed by atoms with Crippen molar-refractivity contribution in [3.05, 3.63) is 108 Å². The van der Waals surface area contributed by atoms with Gasteiger partial charge in [-0.3, -0.25) is 28.8 Å². The van der Waals surface area contributed by atoms with Crippen LogP contribution in [-0.2, 0) is 38.2 Å². The highest BCUT2D eigenvalue weighted by Gasteiger charge is 2.25. The van der Waals surface area contributed by atoms with E-state index in [1.807, 2.05) is 0 Å². The van der Waals surface area contributed by atoms with E-state index in [1.165, 1.54) is 12.1 Å². The van der Waals surface area contributed by atoms with Crippen LogP contribution in [0.2, 0.25) is 0 Å². The number of carbonyl (C=O) groups is 11. The first kappa shape index (κ1) is 70.7. The van der Waals surface area contributed by atoms with Gasteiger partial charge in [-0.2, -0.15) is 0 Å². The molecule has 3 rings (SSSR count). The van der Waals surface area contributed by atoms with Crippen molar-refractivity contribution in [1.82, 2.24) is 10.6 Å². The standard InChI is InChI=1S/C20H27NO6.C15H19NO4.C11H22N2O4.C8H6O3.ClH/c1-20(2,3)27-19(26)21-15(18(24)25)12-8-5-9-13-16(22)17(23)14-10-6-4-7-11-14;16-12(15(19)20)9-5-2-6-10-13(17)14(18)11-7-3-1-4-8-11;1-11(2,3)17-10(16)13-8(9(14)15)6-4-5-7-12;9-7(8(10)11)6-4-2-1-3-5-6;/h4,6-7,10-11,15H,5,8-9,12-13H2,1-3H3,(H,21,26)(H,24,25);1,3-4,7-8,12H,2,5-6,9-10,16H2,(H,19,20);8H,4-7,12H2,1-3H3,(H,13,16)(H,14,15);1-5H,(H,10,11);1H/t15-;12-;8-;;/m000../s1. The fraction of sp³-hybridized carbons (Fsp3) is 0.463. The van der Waals surface area contributed by atoms with Crippen LogP contribution in [0.15, 0.2) is 91.0 Å². The van der Waals surface area contributed by atoms with Crippen LogP contribution in [0.1, 0.15) is 156 Å². The van der Waals surface area contributed by atoms with Crippen molar-refractivity contribution in [1.29, 1.82) is 0 Å². The number of carboxylic acid groups (broad SMARTS) is 4. The van der Waals surface area contributed by atoms with Crippen molar-refractivity contribution in [3.8, 4) is 0 Å². The summed E-state index contributed by atoms with van der Waals surface area (Å²) in [6.07, 6.45) is 4.62. The average molecular weight is 1090 g/mol. The Balaban J connectivity index is 0. The van der Waals surface area contributed by atoms with Gasteiger partial charge in [0.25, 0.3) is 5.78 Å². The summed E-state index contributed by atoms with van der Waals surface area (Å²) in [6, 6.07) is 21.9. The first-order valence-corrected chi connectivity index (χ1v) is 24.3. The maximum absolute atomic E-state index is 12.0. The Morgan fingerprint density at radius 1 is 0.461 bits per heavy atom. The Morgan fingerprint density at radius 3 is 1.07 bits per heavy atom. The summed E-state index contributed by atoms with van der Waals surface area (Å²) in [6.45, 7) is 10.7. The number of carboxylic acids is 4. The number of rotatable bonds is 27. The number of hydrogen-bond donors (Lipinski definition) is 8. The molecule has 0 aromatic heterocycles. The second kappa shape index (κ2) is 38.2. The van der Waals surface area contributed by atoms with Crippen LogP contribution in [0.5, 0.6) is 0 Å². The highest BCUT2D eigenvalue weighted by atomic mass is 35.5. The lowest BCUT2D eigenvalue weighted by molar-refractivity contribution is -0.140. The van der Waals surface area contributed by atoms with Crippen molar-refractivity contribution in [2.45, 2.75) is 154 Å². The van der Waals surface area contributed by atoms with E-state index in [2.05, 4.69) is 10.6 Å². The van der Waals surface area contributed by atoms with Crippen molar-refractivity contribution in [3.63, 3.8) is 0 Å². The fourth-order valence-corrected chi connectivity index (χ4v) is 6.11. The largest absolute Gasteiger partial charge is 0.480 e. The molecule has 0 unspecified atom stereocenters. The monoisotopic (exact) mass is 1090 g/mol. The van der Waals surface area contributed by atoms with Crippen LogP contribution in [0.25, 0.3) is 0 Å². The molecule has 0 radical (unpaired) electrons. The molecule has 0 bridgehead atoms. The molecule has 0 fully saturated rings. The Bertz CT molecular complexity index is 2300. The quantitative estimate of drug-likeness (QED) is 0.0206. The molecule has 0 heterocycles. The number of Topliss-reactive ketones (excluding diaryl/α,β-unsaturated/α-hetero) is 5. The topological polar surface area (TPSA) is 363 Å². The molecule has 2 amide bonds. The Hall–Kier alpha value is -7.36. The van der Waals surface area contributed by atoms with E-state index in [9.17, 15) is 57.8 Å². The van der Waals surface area contributed by atoms with Gasteiger partial charge in [0.15, 0.2) is 0 Å². The molecular formula is C54H75ClN4O17. The van der Waals surface area contributed by atoms with Gasteiger partial charge in [-0.05, 0) is 93.0 Å². The maximum Gasteiger partial charge on any atom is 0.408 e. The van der Waals surface area contributed by atoms with Crippen LogP contribution in [0, 0.1) is 0 Å². The first-order chi connectivity index (χ1) is 35.1. The number of aliphatic carboxylic acids is 4. The average Bonchev–Trinajstić information content (AvgIpc) is 3.34. The van der Waals surface area contributed by atoms with Gasteiger partial charge < -0.3 is 52.0 Å². The third-order valence-electron chi connectivity index (χ3n) is 9.87. The van der Waals surface area contributed by atoms with E-state index >= 15 is 0 Å². The molecule has 0 aliphatic rings. The molecule has 76 heavy (non-hydrogen) atoms. The molecule has 0 aliphatic carbocycles. The SMILES string of the molecule is CC(C)(C)OC(=O)N[C@@H](CCCCCC(=O)C(=O)c1ccccc1)C(=O)O.CC(C)(C)OC(=O)N[C@@H](CCCCN)C(=O)O.Cl.N[C@@H](CCCCCC(=O)C(=O)c1ccccc1)C(=O)O.O=C(O)C(=O)c1ccccc1. The summed E-state index contributed by atoms with van der Waals surface area (Å²) in [4.78, 5) is 124. The number of ether oxygens (including phenoxy) is 2. The minimum absolute atomic E-state index is 0. The van der Waals surface area contributed by atoms with E-state index in [1.54, 1.807) is 120 Å². The number of benzene rings is 3. The predicted molar refractivity (Wildman–Crippen MR) is 283 cm³/mol. The van der Waals surface area contributed by atoms with Gasteiger partial charge in [0, 0.05) is 29.5 Å². The lowest BCUT2D eigenvalue weighted by Crippen LogP contribution is -2.43. The van der Waals surface area contributed by atoms with Gasteiger partial charge in [-0.15, -0.1) is 12.4 Å². The number of alkyl carbamates (subject to hydrolysis) is 2. The summed E-state index contributed by atoms with van der Waals surface area (Å²) in [5.74, 6) is -7.34. The molecular weight excluding hydrogens is 1010 g/mol. The van der Waals surface area contributed by atoms with Crippen LogP contribution >= 0.6 is 12.4 Å². The van der Waals surface area contributed by atoms with E-state index < -0.39 is 94.3 Å². The van der Waals surface area contributed by atoms with Crippen LogP contribution in [-0.4, -0.2) is 121 Å². The minimum atomic E-state index is -1.42. The van der Waals surface area contributed by atoms with E-state index in [4.69, 9.17) is 36.3 Å². The zero-order valence-electron chi connectivity index (χ0n) is 44.0. The lowest BCUT2D eigenvalue weighted by Gasteiger charge is -2.22. The molecule has 0 saturated carbocycles. The summed E-state index contributed by atoms with van der Waals surface area (Å²) in [5, 5.41) is 39.7. The highest BCUT2D eigenvalue weighted by molar-refractivity contribution is 6.44. The zero-order valence-corrected chi connectivity index (χ0v) is 44.8. The lowest BCUT2D eigenvalue weighted by atomic mass is 10.0. The highest BCUT2D eigenvalue weighted by Crippen LogP contribution is 2.13. The van der Waals surface area contributed by atoms with Gasteiger partial charge >= 0.3 is 36.1 Å². The molecule has 0 aliphatic heterocycles. The van der Waals surface area contributed by atoms with Gasteiger partial charge in [-0.25, -0.2) is 24.0 Å². The second-order valence-corrected chi connectivity index (χ2v) is 18.7. The number of hydrogen-bond acceptors (Lipinski definition) is 15. The molecule has 10 N–H and O–H groups in total. The first-order valence-electron chi connectivity index (χ1n) is 24.3. The van der Waals surface area contributed by atoms with E-state index in [0.29, 0.717) is 75.5 Å². The Morgan fingerprint density at radius 2 is 0.776 bits per heavy atom.